The number of nitrogens with zero attached hydrogens (tertiary/aromatic N) is 1. The van der Waals surface area contributed by atoms with Crippen molar-refractivity contribution in [1.82, 2.24) is 0 Å². The molecule has 1 saturated carbocycles. The van der Waals surface area contributed by atoms with Gasteiger partial charge in [-0.3, -0.25) is 0 Å². The largest absolute Gasteiger partial charge is 0.449 e. The maximum atomic E-state index is 6.63. The molecule has 1 aliphatic carbocycles. The number of fused-ring (bicyclic) bond motifs is 2. The molecular weight excluding hydrogens is 330 g/mol. The van der Waals surface area contributed by atoms with Gasteiger partial charge < -0.3 is 4.74 Å². The van der Waals surface area contributed by atoms with Gasteiger partial charge in [-0.15, -0.1) is 0 Å². The van der Waals surface area contributed by atoms with Crippen LogP contribution >= 0.6 is 0 Å². The fourth-order valence-corrected chi connectivity index (χ4v) is 5.13. The minimum absolute atomic E-state index is 0.808. The molecule has 0 unspecified atom stereocenters. The fraction of sp³-hybridized carbons (Fsp3) is 0.400. The molecule has 0 spiro atoms. The van der Waals surface area contributed by atoms with Crippen molar-refractivity contribution in [2.75, 3.05) is 0 Å². The molecule has 3 aromatic rings. The van der Waals surface area contributed by atoms with Crippen LogP contribution in [-0.2, 0) is 13.5 Å². The van der Waals surface area contributed by atoms with Crippen LogP contribution in [0.4, 0.5) is 0 Å². The van der Waals surface area contributed by atoms with Crippen LogP contribution < -0.4 is 9.30 Å². The Kier molecular flexibility index (Phi) is 3.79. The van der Waals surface area contributed by atoms with Gasteiger partial charge in [0.2, 0.25) is 5.75 Å². The van der Waals surface area contributed by atoms with Crippen LogP contribution in [0.5, 0.6) is 11.5 Å². The molecule has 0 bridgehead atoms. The number of aromatic nitrogens is 1. The molecule has 2 heteroatoms. The van der Waals surface area contributed by atoms with Crippen LogP contribution in [0.3, 0.4) is 0 Å². The van der Waals surface area contributed by atoms with Gasteiger partial charge in [-0.2, -0.15) is 4.57 Å². The van der Waals surface area contributed by atoms with E-state index in [-0.39, 0.29) is 0 Å². The van der Waals surface area contributed by atoms with Crippen LogP contribution in [0, 0.1) is 26.7 Å². The number of aryl methyl sites for hydroxylation is 3. The van der Waals surface area contributed by atoms with Gasteiger partial charge in [0.1, 0.15) is 12.8 Å². The third-order valence-electron chi connectivity index (χ3n) is 6.66. The van der Waals surface area contributed by atoms with Gasteiger partial charge in [0.05, 0.1) is 5.56 Å². The Bertz CT molecular complexity index is 1070. The lowest BCUT2D eigenvalue weighted by molar-refractivity contribution is -0.660. The van der Waals surface area contributed by atoms with E-state index in [4.69, 9.17) is 4.74 Å². The molecule has 0 amide bonds. The molecule has 27 heavy (non-hydrogen) atoms. The molecular formula is C25H28NO+. The monoisotopic (exact) mass is 358 g/mol. The minimum atomic E-state index is 0.808. The first kappa shape index (κ1) is 16.8. The zero-order valence-corrected chi connectivity index (χ0v) is 16.9. The first-order valence-electron chi connectivity index (χ1n) is 10.3. The predicted octanol–water partition coefficient (Wildman–Crippen LogP) is 6.09. The van der Waals surface area contributed by atoms with E-state index < -0.39 is 0 Å². The van der Waals surface area contributed by atoms with E-state index in [2.05, 4.69) is 62.8 Å². The molecule has 2 heterocycles. The van der Waals surface area contributed by atoms with Crippen molar-refractivity contribution in [3.63, 3.8) is 0 Å². The number of hydrogen-bond donors (Lipinski definition) is 0. The Morgan fingerprint density at radius 3 is 2.63 bits per heavy atom. The maximum Gasteiger partial charge on any atom is 0.256 e. The highest BCUT2D eigenvalue weighted by Crippen LogP contribution is 2.49. The summed E-state index contributed by atoms with van der Waals surface area (Å²) in [6.07, 6.45) is 8.85. The molecule has 2 aromatic carbocycles. The van der Waals surface area contributed by atoms with Crippen molar-refractivity contribution < 1.29 is 9.30 Å². The summed E-state index contributed by atoms with van der Waals surface area (Å²) in [4.78, 5) is 0. The minimum Gasteiger partial charge on any atom is -0.449 e. The summed E-state index contributed by atoms with van der Waals surface area (Å²) in [6.45, 7) is 6.64. The highest BCUT2D eigenvalue weighted by atomic mass is 16.5. The second-order valence-electron chi connectivity index (χ2n) is 8.64. The van der Waals surface area contributed by atoms with E-state index in [1.165, 1.54) is 70.0 Å². The number of benzene rings is 2. The summed E-state index contributed by atoms with van der Waals surface area (Å²) >= 11 is 0. The summed E-state index contributed by atoms with van der Waals surface area (Å²) in [7, 11) is 2.15. The van der Waals surface area contributed by atoms with E-state index in [0.717, 1.165) is 23.8 Å². The Balaban J connectivity index is 1.80. The van der Waals surface area contributed by atoms with E-state index in [0.29, 0.717) is 0 Å². The standard InChI is InChI=1S/C25H28NO/c1-15-11-20-13-16(2)17(3)22-23(20)21(12-15)27-25-19(9-10-26(4)24(22)25)14-18-7-5-6-8-18/h9-13,18H,5-8,14H2,1-4H3/q+1. The zero-order chi connectivity index (χ0) is 18.7. The Hall–Kier alpha value is -2.35. The molecule has 1 aromatic heterocycles. The SMILES string of the molecule is Cc1cc2c3c(c(C)c(C)cc3c1)-c1c(c(CC3CCCC3)cc[n+]1C)O2. The van der Waals surface area contributed by atoms with Crippen LogP contribution in [0.1, 0.15) is 47.9 Å². The third kappa shape index (κ3) is 2.57. The van der Waals surface area contributed by atoms with Gasteiger partial charge in [-0.05, 0) is 61.3 Å². The molecule has 1 fully saturated rings. The fourth-order valence-electron chi connectivity index (χ4n) is 5.13. The first-order chi connectivity index (χ1) is 13.0. The smallest absolute Gasteiger partial charge is 0.256 e. The summed E-state index contributed by atoms with van der Waals surface area (Å²) < 4.78 is 8.87. The van der Waals surface area contributed by atoms with Crippen molar-refractivity contribution in [3.8, 4) is 22.8 Å². The normalized spacial score (nSPS) is 15.9. The number of rotatable bonds is 2. The topological polar surface area (TPSA) is 13.1 Å². The molecule has 0 N–H and O–H groups in total. The van der Waals surface area contributed by atoms with Gasteiger partial charge >= 0.3 is 0 Å². The molecule has 2 aliphatic rings. The lowest BCUT2D eigenvalue weighted by atomic mass is 9.88. The molecule has 0 saturated heterocycles. The van der Waals surface area contributed by atoms with Gasteiger partial charge in [-0.1, -0.05) is 37.8 Å². The van der Waals surface area contributed by atoms with Crippen LogP contribution in [0.2, 0.25) is 0 Å². The second kappa shape index (κ2) is 6.09. The lowest BCUT2D eigenvalue weighted by Gasteiger charge is -2.24. The van der Waals surface area contributed by atoms with E-state index >= 15 is 0 Å². The maximum absolute atomic E-state index is 6.63. The average Bonchev–Trinajstić information content (AvgIpc) is 3.14. The number of hydrogen-bond acceptors (Lipinski definition) is 1. The number of ether oxygens (including phenoxy) is 1. The van der Waals surface area contributed by atoms with Crippen molar-refractivity contribution in [3.05, 3.63) is 52.7 Å². The highest BCUT2D eigenvalue weighted by Gasteiger charge is 2.32. The lowest BCUT2D eigenvalue weighted by Crippen LogP contribution is -2.32. The van der Waals surface area contributed by atoms with Crippen molar-refractivity contribution in [1.29, 1.82) is 0 Å². The van der Waals surface area contributed by atoms with Crippen LogP contribution in [0.25, 0.3) is 22.0 Å². The van der Waals surface area contributed by atoms with E-state index in [9.17, 15) is 0 Å². The molecule has 2 nitrogen and oxygen atoms in total. The van der Waals surface area contributed by atoms with Gasteiger partial charge in [0, 0.05) is 17.0 Å². The van der Waals surface area contributed by atoms with Crippen molar-refractivity contribution in [2.45, 2.75) is 52.9 Å². The predicted molar refractivity (Wildman–Crippen MR) is 111 cm³/mol. The highest BCUT2D eigenvalue weighted by molar-refractivity contribution is 6.05. The summed E-state index contributed by atoms with van der Waals surface area (Å²) in [5.74, 6) is 2.91. The molecule has 0 radical (unpaired) electrons. The third-order valence-corrected chi connectivity index (χ3v) is 6.66. The van der Waals surface area contributed by atoms with Crippen LogP contribution in [-0.4, -0.2) is 0 Å². The van der Waals surface area contributed by atoms with Gasteiger partial charge in [0.25, 0.3) is 5.69 Å². The Morgan fingerprint density at radius 2 is 1.85 bits per heavy atom. The molecule has 138 valence electrons. The Morgan fingerprint density at radius 1 is 1.07 bits per heavy atom. The van der Waals surface area contributed by atoms with Crippen molar-refractivity contribution >= 4 is 10.8 Å². The molecule has 0 atom stereocenters. The average molecular weight is 359 g/mol. The second-order valence-corrected chi connectivity index (χ2v) is 8.64. The first-order valence-corrected chi connectivity index (χ1v) is 10.3. The van der Waals surface area contributed by atoms with Crippen molar-refractivity contribution in [2.24, 2.45) is 13.0 Å². The summed E-state index contributed by atoms with van der Waals surface area (Å²) in [6, 6.07) is 9.07. The number of pyridine rings is 1. The molecule has 5 rings (SSSR count). The zero-order valence-electron chi connectivity index (χ0n) is 16.9. The van der Waals surface area contributed by atoms with Gasteiger partial charge in [-0.25, -0.2) is 0 Å². The quantitative estimate of drug-likeness (QED) is 0.395. The summed E-state index contributed by atoms with van der Waals surface area (Å²) in [5, 5.41) is 2.56. The van der Waals surface area contributed by atoms with E-state index in [1.54, 1.807) is 0 Å². The van der Waals surface area contributed by atoms with E-state index in [1.807, 2.05) is 0 Å². The van der Waals surface area contributed by atoms with Gasteiger partial charge in [0.15, 0.2) is 6.20 Å². The Labute approximate surface area is 161 Å². The summed E-state index contributed by atoms with van der Waals surface area (Å²) in [5.41, 5.74) is 7.95. The van der Waals surface area contributed by atoms with Crippen LogP contribution in [0.15, 0.2) is 30.5 Å². The molecule has 1 aliphatic heterocycles.